The second-order valence-electron chi connectivity index (χ2n) is 5.43. The topological polar surface area (TPSA) is 107 Å². The lowest BCUT2D eigenvalue weighted by Crippen LogP contribution is -2.26. The van der Waals surface area contributed by atoms with Gasteiger partial charge in [0.1, 0.15) is 11.5 Å². The zero-order chi connectivity index (χ0) is 18.7. The van der Waals surface area contributed by atoms with Crippen LogP contribution < -0.4 is 10.6 Å². The van der Waals surface area contributed by atoms with Crippen molar-refractivity contribution < 1.29 is 14.0 Å². The van der Waals surface area contributed by atoms with E-state index < -0.39 is 5.91 Å². The quantitative estimate of drug-likeness (QED) is 0.635. The van der Waals surface area contributed by atoms with Crippen LogP contribution in [-0.2, 0) is 20.1 Å². The summed E-state index contributed by atoms with van der Waals surface area (Å²) >= 11 is 3.32. The first-order valence-corrected chi connectivity index (χ1v) is 8.65. The molecule has 26 heavy (non-hydrogen) atoms. The van der Waals surface area contributed by atoms with E-state index in [1.54, 1.807) is 30.1 Å². The van der Waals surface area contributed by atoms with Crippen molar-refractivity contribution in [3.05, 3.63) is 52.4 Å². The van der Waals surface area contributed by atoms with E-state index in [4.69, 9.17) is 4.42 Å². The summed E-state index contributed by atoms with van der Waals surface area (Å²) in [7, 11) is 1.62. The summed E-state index contributed by atoms with van der Waals surface area (Å²) in [6.07, 6.45) is 4.67. The van der Waals surface area contributed by atoms with E-state index in [9.17, 15) is 9.59 Å². The van der Waals surface area contributed by atoms with Gasteiger partial charge in [-0.3, -0.25) is 19.0 Å². The molecule has 0 radical (unpaired) electrons. The third-order valence-corrected chi connectivity index (χ3v) is 4.24. The average Bonchev–Trinajstić information content (AvgIpc) is 3.33. The van der Waals surface area contributed by atoms with Crippen LogP contribution in [0.4, 0.5) is 5.69 Å². The van der Waals surface area contributed by atoms with Crippen molar-refractivity contribution >= 4 is 33.4 Å². The Hall–Kier alpha value is -2.88. The maximum atomic E-state index is 12.5. The molecule has 0 aliphatic carbocycles. The lowest BCUT2D eigenvalue weighted by Gasteiger charge is -2.07. The van der Waals surface area contributed by atoms with Crippen molar-refractivity contribution in [2.75, 3.05) is 5.32 Å². The Morgan fingerprint density at radius 3 is 2.81 bits per heavy atom. The van der Waals surface area contributed by atoms with Crippen molar-refractivity contribution in [2.24, 2.45) is 7.05 Å². The average molecular weight is 421 g/mol. The maximum Gasteiger partial charge on any atom is 0.277 e. The van der Waals surface area contributed by atoms with E-state index in [0.717, 1.165) is 0 Å². The molecule has 0 aliphatic heterocycles. The molecule has 3 aromatic rings. The zero-order valence-electron chi connectivity index (χ0n) is 14.2. The van der Waals surface area contributed by atoms with Crippen molar-refractivity contribution in [1.82, 2.24) is 24.9 Å². The highest BCUT2D eigenvalue weighted by molar-refractivity contribution is 9.10. The van der Waals surface area contributed by atoms with Gasteiger partial charge >= 0.3 is 0 Å². The number of carbonyl (C=O) groups excluding carboxylic acids is 2. The standard InChI is InChI=1S/C16H17BrN6O3/c1-3-23-9-11(17)13(21-23)15(24)20-12-8-19-22(2)14(12)16(25)18-7-10-5-4-6-26-10/h4-6,8-9H,3,7H2,1-2H3,(H,18,25)(H,20,24). The highest BCUT2D eigenvalue weighted by atomic mass is 79.9. The molecule has 2 amide bonds. The first kappa shape index (κ1) is 17.9. The first-order valence-electron chi connectivity index (χ1n) is 7.86. The van der Waals surface area contributed by atoms with E-state index in [0.29, 0.717) is 22.5 Å². The van der Waals surface area contributed by atoms with Crippen LogP contribution in [0.3, 0.4) is 0 Å². The number of aromatic nitrogens is 4. The SMILES string of the molecule is CCn1cc(Br)c(C(=O)Nc2cnn(C)c2C(=O)NCc2ccco2)n1. The third-order valence-electron chi connectivity index (χ3n) is 3.66. The molecular weight excluding hydrogens is 404 g/mol. The Morgan fingerprint density at radius 2 is 2.15 bits per heavy atom. The van der Waals surface area contributed by atoms with Gasteiger partial charge in [0.2, 0.25) is 0 Å². The maximum absolute atomic E-state index is 12.5. The van der Waals surface area contributed by atoms with Crippen LogP contribution in [0.15, 0.2) is 39.7 Å². The van der Waals surface area contributed by atoms with Crippen molar-refractivity contribution in [1.29, 1.82) is 0 Å². The van der Waals surface area contributed by atoms with E-state index in [1.807, 2.05) is 6.92 Å². The van der Waals surface area contributed by atoms with Gasteiger partial charge in [-0.05, 0) is 35.0 Å². The number of hydrogen-bond donors (Lipinski definition) is 2. The van der Waals surface area contributed by atoms with Gasteiger partial charge in [0.15, 0.2) is 5.69 Å². The number of furan rings is 1. The van der Waals surface area contributed by atoms with Crippen LogP contribution in [0.2, 0.25) is 0 Å². The van der Waals surface area contributed by atoms with Gasteiger partial charge in [-0.15, -0.1) is 0 Å². The van der Waals surface area contributed by atoms with Crippen LogP contribution in [0.5, 0.6) is 0 Å². The first-order chi connectivity index (χ1) is 12.5. The molecule has 3 aromatic heterocycles. The number of amides is 2. The largest absolute Gasteiger partial charge is 0.467 e. The fourth-order valence-corrected chi connectivity index (χ4v) is 2.85. The van der Waals surface area contributed by atoms with Crippen LogP contribution in [0.1, 0.15) is 33.7 Å². The molecule has 10 heteroatoms. The predicted octanol–water partition coefficient (Wildman–Crippen LogP) is 2.17. The minimum absolute atomic E-state index is 0.232. The summed E-state index contributed by atoms with van der Waals surface area (Å²) in [4.78, 5) is 25.0. The second-order valence-corrected chi connectivity index (χ2v) is 6.28. The number of nitrogens with zero attached hydrogens (tertiary/aromatic N) is 4. The molecule has 0 bridgehead atoms. The zero-order valence-corrected chi connectivity index (χ0v) is 15.8. The van der Waals surface area contributed by atoms with Crippen molar-refractivity contribution in [3.63, 3.8) is 0 Å². The molecule has 0 spiro atoms. The van der Waals surface area contributed by atoms with Crippen LogP contribution in [-0.4, -0.2) is 31.4 Å². The highest BCUT2D eigenvalue weighted by Crippen LogP contribution is 2.19. The fraction of sp³-hybridized carbons (Fsp3) is 0.250. The number of halogens is 1. The van der Waals surface area contributed by atoms with Crippen molar-refractivity contribution in [3.8, 4) is 0 Å². The molecule has 0 fully saturated rings. The molecule has 0 saturated carbocycles. The lowest BCUT2D eigenvalue weighted by molar-refractivity contribution is 0.0939. The Labute approximate surface area is 157 Å². The lowest BCUT2D eigenvalue weighted by atomic mass is 10.3. The van der Waals surface area contributed by atoms with Crippen molar-refractivity contribution in [2.45, 2.75) is 20.0 Å². The molecule has 0 atom stereocenters. The summed E-state index contributed by atoms with van der Waals surface area (Å²) in [5.74, 6) is -0.188. The fourth-order valence-electron chi connectivity index (χ4n) is 2.36. The molecular formula is C16H17BrN6O3. The number of carbonyl (C=O) groups is 2. The van der Waals surface area contributed by atoms with Gasteiger partial charge in [0.05, 0.1) is 29.2 Å². The Bertz CT molecular complexity index is 928. The summed E-state index contributed by atoms with van der Waals surface area (Å²) in [6, 6.07) is 3.50. The molecule has 3 heterocycles. The molecule has 3 rings (SSSR count). The Balaban J connectivity index is 1.75. The minimum Gasteiger partial charge on any atom is -0.467 e. The highest BCUT2D eigenvalue weighted by Gasteiger charge is 2.21. The molecule has 136 valence electrons. The van der Waals surface area contributed by atoms with Crippen LogP contribution in [0.25, 0.3) is 0 Å². The second kappa shape index (κ2) is 7.56. The Morgan fingerprint density at radius 1 is 1.35 bits per heavy atom. The normalized spacial score (nSPS) is 10.7. The summed E-state index contributed by atoms with van der Waals surface area (Å²) < 4.78 is 8.79. The van der Waals surface area contributed by atoms with E-state index in [-0.39, 0.29) is 23.8 Å². The monoisotopic (exact) mass is 420 g/mol. The van der Waals surface area contributed by atoms with Crippen LogP contribution >= 0.6 is 15.9 Å². The molecule has 0 unspecified atom stereocenters. The number of anilines is 1. The smallest absolute Gasteiger partial charge is 0.277 e. The third kappa shape index (κ3) is 3.69. The molecule has 0 aliphatic rings. The molecule has 0 saturated heterocycles. The predicted molar refractivity (Wildman–Crippen MR) is 96.6 cm³/mol. The van der Waals surface area contributed by atoms with Gasteiger partial charge in [-0.1, -0.05) is 0 Å². The van der Waals surface area contributed by atoms with Gasteiger partial charge in [0, 0.05) is 19.8 Å². The molecule has 2 N–H and O–H groups in total. The number of nitrogens with one attached hydrogen (secondary N) is 2. The number of rotatable bonds is 6. The summed E-state index contributed by atoms with van der Waals surface area (Å²) in [5, 5.41) is 13.7. The van der Waals surface area contributed by atoms with Gasteiger partial charge in [0.25, 0.3) is 11.8 Å². The van der Waals surface area contributed by atoms with E-state index >= 15 is 0 Å². The molecule has 9 nitrogen and oxygen atoms in total. The Kier molecular flexibility index (Phi) is 5.21. The van der Waals surface area contributed by atoms with Gasteiger partial charge in [-0.2, -0.15) is 10.2 Å². The van der Waals surface area contributed by atoms with E-state index in [2.05, 4.69) is 36.8 Å². The summed E-state index contributed by atoms with van der Waals surface area (Å²) in [5.41, 5.74) is 0.765. The summed E-state index contributed by atoms with van der Waals surface area (Å²) in [6.45, 7) is 2.79. The number of hydrogen-bond acceptors (Lipinski definition) is 5. The number of aryl methyl sites for hydroxylation is 2. The van der Waals surface area contributed by atoms with Gasteiger partial charge < -0.3 is 15.1 Å². The minimum atomic E-state index is -0.433. The van der Waals surface area contributed by atoms with E-state index in [1.165, 1.54) is 17.1 Å². The molecule has 0 aromatic carbocycles. The van der Waals surface area contributed by atoms with Gasteiger partial charge in [-0.25, -0.2) is 0 Å². The van der Waals surface area contributed by atoms with Crippen LogP contribution in [0, 0.1) is 0 Å².